The Morgan fingerprint density at radius 2 is 2.08 bits per heavy atom. The van der Waals surface area contributed by atoms with Gasteiger partial charge in [-0.2, -0.15) is 0 Å². The number of aromatic nitrogens is 1. The summed E-state index contributed by atoms with van der Waals surface area (Å²) in [7, 11) is 0. The largest absolute Gasteiger partial charge is 0.504 e. The number of ether oxygens (including phenoxy) is 1. The molecule has 7 nitrogen and oxygen atoms in total. The molecule has 3 aliphatic carbocycles. The van der Waals surface area contributed by atoms with Crippen molar-refractivity contribution >= 4 is 5.91 Å². The second-order valence-electron chi connectivity index (χ2n) is 12.5. The molecule has 1 aromatic heterocycles. The van der Waals surface area contributed by atoms with Crippen molar-refractivity contribution < 1.29 is 19.7 Å². The van der Waals surface area contributed by atoms with E-state index in [-0.39, 0.29) is 23.7 Å². The molecule has 2 aliphatic heterocycles. The number of benzene rings is 1. The van der Waals surface area contributed by atoms with E-state index in [0.29, 0.717) is 30.1 Å². The molecule has 1 amide bonds. The number of hydrogen-bond acceptors (Lipinski definition) is 6. The molecule has 2 aromatic rings. The number of hydrogen-bond donors (Lipinski definition) is 3. The number of nitrogens with zero attached hydrogens (tertiary/aromatic N) is 2. The monoisotopic (exact) mass is 503 g/mol. The quantitative estimate of drug-likeness (QED) is 0.560. The van der Waals surface area contributed by atoms with Gasteiger partial charge in [-0.1, -0.05) is 19.9 Å². The number of carbonyl (C=O) groups excluding carboxylic acids is 1. The molecule has 1 saturated heterocycles. The molecule has 3 N–H and O–H groups in total. The highest BCUT2D eigenvalue weighted by Crippen LogP contribution is 2.65. The molecule has 5 aliphatic rings. The minimum Gasteiger partial charge on any atom is -0.504 e. The highest BCUT2D eigenvalue weighted by molar-refractivity contribution is 5.95. The van der Waals surface area contributed by atoms with Gasteiger partial charge in [0.05, 0.1) is 17.1 Å². The van der Waals surface area contributed by atoms with E-state index in [0.717, 1.165) is 49.4 Å². The van der Waals surface area contributed by atoms with Crippen molar-refractivity contribution in [2.24, 2.45) is 11.8 Å². The Balaban J connectivity index is 1.26. The fraction of sp³-hybridized carbons (Fsp3) is 0.600. The summed E-state index contributed by atoms with van der Waals surface area (Å²) in [6, 6.07) is 5.32. The van der Waals surface area contributed by atoms with E-state index in [1.54, 1.807) is 24.5 Å². The Kier molecular flexibility index (Phi) is 5.19. The van der Waals surface area contributed by atoms with Gasteiger partial charge in [-0.05, 0) is 86.6 Å². The predicted octanol–water partition coefficient (Wildman–Crippen LogP) is 3.35. The lowest BCUT2D eigenvalue weighted by Gasteiger charge is -2.64. The first-order valence-electron chi connectivity index (χ1n) is 14.0. The maximum atomic E-state index is 13.6. The Morgan fingerprint density at radius 3 is 2.86 bits per heavy atom. The van der Waals surface area contributed by atoms with Gasteiger partial charge in [0.25, 0.3) is 5.91 Å². The second kappa shape index (κ2) is 8.18. The van der Waals surface area contributed by atoms with Crippen LogP contribution in [0.15, 0.2) is 30.6 Å². The predicted molar refractivity (Wildman–Crippen MR) is 139 cm³/mol. The highest BCUT2D eigenvalue weighted by Gasteiger charge is 2.73. The number of rotatable bonds is 6. The minimum atomic E-state index is -0.947. The molecule has 3 heterocycles. The Labute approximate surface area is 218 Å². The number of pyridine rings is 1. The smallest absolute Gasteiger partial charge is 0.252 e. The van der Waals surface area contributed by atoms with Crippen LogP contribution in [0.5, 0.6) is 11.5 Å². The molecule has 196 valence electrons. The van der Waals surface area contributed by atoms with Crippen LogP contribution in [0.4, 0.5) is 0 Å². The van der Waals surface area contributed by atoms with Crippen LogP contribution in [-0.2, 0) is 18.3 Å². The third kappa shape index (κ3) is 3.32. The number of likely N-dealkylation sites (tertiary alicyclic amines) is 1. The van der Waals surface area contributed by atoms with Crippen LogP contribution in [0.1, 0.15) is 73.0 Å². The zero-order valence-electron chi connectivity index (χ0n) is 21.7. The Bertz CT molecular complexity index is 1260. The number of piperidine rings is 1. The molecule has 7 rings (SSSR count). The van der Waals surface area contributed by atoms with E-state index in [1.165, 1.54) is 18.4 Å². The van der Waals surface area contributed by atoms with E-state index in [9.17, 15) is 15.0 Å². The van der Waals surface area contributed by atoms with Crippen molar-refractivity contribution in [3.8, 4) is 11.5 Å². The minimum absolute atomic E-state index is 0.0328. The first-order chi connectivity index (χ1) is 17.8. The first-order valence-corrected chi connectivity index (χ1v) is 14.0. The van der Waals surface area contributed by atoms with Crippen molar-refractivity contribution in [1.29, 1.82) is 0 Å². The number of carbonyl (C=O) groups is 1. The lowest BCUT2D eigenvalue weighted by molar-refractivity contribution is -0.191. The summed E-state index contributed by atoms with van der Waals surface area (Å²) in [6.45, 7) is 6.23. The standard InChI is InChI=1S/C30H37N3O4/c1-17(2)13-20-15-31-11-8-21(20)28(35)32-22-7-9-30(36)24-14-19-5-6-23(34)26-25(19)29(30,27(22)37-26)10-12-33(24)16-18-3-4-18/h5-6,8,11,15,17-18,22,24,27,34,36H,3-4,7,9-10,12-14,16H2,1-2H3,(H,32,35)/t22-,24-,27+,29+,30-/m1/s1. The summed E-state index contributed by atoms with van der Waals surface area (Å²) in [6.07, 6.45) is 9.18. The maximum Gasteiger partial charge on any atom is 0.252 e. The summed E-state index contributed by atoms with van der Waals surface area (Å²) >= 11 is 0. The van der Waals surface area contributed by atoms with Crippen LogP contribution in [0, 0.1) is 11.8 Å². The molecule has 2 bridgehead atoms. The molecular formula is C30H37N3O4. The van der Waals surface area contributed by atoms with Crippen molar-refractivity contribution in [2.75, 3.05) is 13.1 Å². The Hall–Kier alpha value is -2.64. The average Bonchev–Trinajstić information content (AvgIpc) is 3.61. The fourth-order valence-corrected chi connectivity index (χ4v) is 8.13. The fourth-order valence-electron chi connectivity index (χ4n) is 8.13. The van der Waals surface area contributed by atoms with Gasteiger partial charge in [-0.3, -0.25) is 14.7 Å². The maximum absolute atomic E-state index is 13.6. The summed E-state index contributed by atoms with van der Waals surface area (Å²) in [4.78, 5) is 20.4. The number of aromatic hydroxyl groups is 1. The third-order valence-corrected chi connectivity index (χ3v) is 9.86. The number of nitrogens with one attached hydrogen (secondary N) is 1. The van der Waals surface area contributed by atoms with Crippen LogP contribution in [0.25, 0.3) is 0 Å². The molecule has 1 aromatic carbocycles. The van der Waals surface area contributed by atoms with Crippen molar-refractivity contribution in [2.45, 2.75) is 88.0 Å². The van der Waals surface area contributed by atoms with Gasteiger partial charge in [0.2, 0.25) is 0 Å². The SMILES string of the molecule is CC(C)Cc1cnccc1C(=O)N[C@@H]1CC[C@@]2(O)[C@H]3Cc4ccc(O)c5c4[C@@]2(CCN3CC2CC2)[C@H]1O5. The zero-order valence-corrected chi connectivity index (χ0v) is 21.7. The van der Waals surface area contributed by atoms with Gasteiger partial charge in [-0.15, -0.1) is 0 Å². The average molecular weight is 504 g/mol. The molecule has 3 fully saturated rings. The summed E-state index contributed by atoms with van der Waals surface area (Å²) in [5.41, 5.74) is 2.19. The summed E-state index contributed by atoms with van der Waals surface area (Å²) in [5.74, 6) is 1.68. The van der Waals surface area contributed by atoms with Gasteiger partial charge >= 0.3 is 0 Å². The van der Waals surface area contributed by atoms with Crippen LogP contribution in [0.3, 0.4) is 0 Å². The first kappa shape index (κ1) is 23.5. The topological polar surface area (TPSA) is 94.9 Å². The Morgan fingerprint density at radius 1 is 1.24 bits per heavy atom. The number of phenols is 1. The van der Waals surface area contributed by atoms with E-state index in [4.69, 9.17) is 4.74 Å². The van der Waals surface area contributed by atoms with Gasteiger partial charge in [0.15, 0.2) is 11.5 Å². The molecule has 7 heteroatoms. The van der Waals surface area contributed by atoms with E-state index in [1.807, 2.05) is 6.07 Å². The molecule has 1 spiro atoms. The van der Waals surface area contributed by atoms with Crippen LogP contribution >= 0.6 is 0 Å². The van der Waals surface area contributed by atoms with Gasteiger partial charge in [0, 0.05) is 36.1 Å². The van der Waals surface area contributed by atoms with Crippen LogP contribution < -0.4 is 10.1 Å². The van der Waals surface area contributed by atoms with E-state index >= 15 is 0 Å². The number of amides is 1. The molecule has 0 unspecified atom stereocenters. The van der Waals surface area contributed by atoms with Crippen molar-refractivity contribution in [1.82, 2.24) is 15.2 Å². The summed E-state index contributed by atoms with van der Waals surface area (Å²) < 4.78 is 6.59. The van der Waals surface area contributed by atoms with E-state index in [2.05, 4.69) is 29.0 Å². The zero-order chi connectivity index (χ0) is 25.5. The third-order valence-electron chi connectivity index (χ3n) is 9.86. The normalized spacial score (nSPS) is 33.7. The lowest BCUT2D eigenvalue weighted by atomic mass is 9.48. The van der Waals surface area contributed by atoms with Gasteiger partial charge in [0.1, 0.15) is 6.10 Å². The molecule has 0 radical (unpaired) electrons. The molecule has 2 saturated carbocycles. The molecule has 5 atom stereocenters. The van der Waals surface area contributed by atoms with Gasteiger partial charge in [-0.25, -0.2) is 0 Å². The number of phenolic OH excluding ortho intramolecular Hbond substituents is 1. The number of aliphatic hydroxyl groups is 1. The highest BCUT2D eigenvalue weighted by atomic mass is 16.5. The molecular weight excluding hydrogens is 466 g/mol. The lowest BCUT2D eigenvalue weighted by Crippen LogP contribution is -2.78. The van der Waals surface area contributed by atoms with Crippen LogP contribution in [0.2, 0.25) is 0 Å². The van der Waals surface area contributed by atoms with Crippen molar-refractivity contribution in [3.63, 3.8) is 0 Å². The van der Waals surface area contributed by atoms with Crippen LogP contribution in [-0.4, -0.2) is 62.9 Å². The molecule has 37 heavy (non-hydrogen) atoms. The van der Waals surface area contributed by atoms with E-state index < -0.39 is 17.1 Å². The van der Waals surface area contributed by atoms with Crippen molar-refractivity contribution in [3.05, 3.63) is 52.8 Å². The second-order valence-corrected chi connectivity index (χ2v) is 12.5. The summed E-state index contributed by atoms with van der Waals surface area (Å²) in [5, 5.41) is 26.7. The van der Waals surface area contributed by atoms with Gasteiger partial charge < -0.3 is 20.3 Å².